The summed E-state index contributed by atoms with van der Waals surface area (Å²) < 4.78 is 9.26. The molecule has 0 bridgehead atoms. The minimum absolute atomic E-state index is 0.0672. The molecule has 1 N–H and O–H groups in total. The molecule has 0 aromatic heterocycles. The molecule has 1 atom stereocenters. The Morgan fingerprint density at radius 3 is 2.19 bits per heavy atom. The monoisotopic (exact) mass is 231 g/mol. The molecule has 0 aliphatic carbocycles. The zero-order valence-electron chi connectivity index (χ0n) is 10.6. The second-order valence-electron chi connectivity index (χ2n) is 4.10. The average Bonchev–Trinajstić information content (AvgIpc) is 2.26. The van der Waals surface area contributed by atoms with E-state index in [1.54, 1.807) is 6.92 Å². The van der Waals surface area contributed by atoms with Gasteiger partial charge in [0.1, 0.15) is 5.54 Å². The summed E-state index contributed by atoms with van der Waals surface area (Å²) in [6.45, 7) is 5.99. The van der Waals surface area contributed by atoms with Gasteiger partial charge in [-0.15, -0.1) is 0 Å². The van der Waals surface area contributed by atoms with Crippen molar-refractivity contribution in [3.63, 3.8) is 0 Å². The van der Waals surface area contributed by atoms with Crippen LogP contribution in [-0.4, -0.2) is 38.2 Å². The molecular formula is C11H21NO4. The maximum absolute atomic E-state index is 11.6. The van der Waals surface area contributed by atoms with Crippen molar-refractivity contribution >= 4 is 11.9 Å². The predicted octanol–water partition coefficient (Wildman–Crippen LogP) is 0.727. The van der Waals surface area contributed by atoms with E-state index in [1.165, 1.54) is 14.2 Å². The number of methoxy groups -OCH3 is 2. The van der Waals surface area contributed by atoms with E-state index in [1.807, 2.05) is 13.8 Å². The van der Waals surface area contributed by atoms with Crippen LogP contribution in [0.4, 0.5) is 0 Å². The predicted molar refractivity (Wildman–Crippen MR) is 59.9 cm³/mol. The van der Waals surface area contributed by atoms with Gasteiger partial charge in [0, 0.05) is 6.54 Å². The van der Waals surface area contributed by atoms with Gasteiger partial charge in [-0.2, -0.15) is 0 Å². The quantitative estimate of drug-likeness (QED) is 0.683. The van der Waals surface area contributed by atoms with E-state index in [0.717, 1.165) is 0 Å². The Kier molecular flexibility index (Phi) is 6.03. The molecule has 0 heterocycles. The number of carbonyl (C=O) groups is 2. The Hall–Kier alpha value is -1.10. The van der Waals surface area contributed by atoms with Gasteiger partial charge in [0.25, 0.3) is 0 Å². The Morgan fingerprint density at radius 2 is 1.81 bits per heavy atom. The first-order chi connectivity index (χ1) is 7.38. The summed E-state index contributed by atoms with van der Waals surface area (Å²) in [5.41, 5.74) is -0.775. The lowest BCUT2D eigenvalue weighted by Gasteiger charge is -2.31. The second-order valence-corrected chi connectivity index (χ2v) is 4.10. The van der Waals surface area contributed by atoms with Gasteiger partial charge in [0.05, 0.1) is 20.6 Å². The van der Waals surface area contributed by atoms with Crippen molar-refractivity contribution in [3.8, 4) is 0 Å². The fraction of sp³-hybridized carbons (Fsp3) is 0.818. The van der Waals surface area contributed by atoms with E-state index in [4.69, 9.17) is 4.74 Å². The number of hydrogen-bond donors (Lipinski definition) is 1. The van der Waals surface area contributed by atoms with Crippen LogP contribution in [0.5, 0.6) is 0 Å². The first-order valence-corrected chi connectivity index (χ1v) is 5.28. The minimum Gasteiger partial charge on any atom is -0.469 e. The van der Waals surface area contributed by atoms with Crippen LogP contribution in [0.1, 0.15) is 27.2 Å². The highest BCUT2D eigenvalue weighted by atomic mass is 16.5. The average molecular weight is 231 g/mol. The van der Waals surface area contributed by atoms with Crippen molar-refractivity contribution in [2.45, 2.75) is 32.7 Å². The van der Waals surface area contributed by atoms with Crippen LogP contribution < -0.4 is 5.32 Å². The fourth-order valence-electron chi connectivity index (χ4n) is 1.25. The highest BCUT2D eigenvalue weighted by Crippen LogP contribution is 2.18. The van der Waals surface area contributed by atoms with Crippen molar-refractivity contribution in [2.24, 2.45) is 5.92 Å². The Bertz CT molecular complexity index is 252. The third kappa shape index (κ3) is 3.81. The molecule has 0 rings (SSSR count). The van der Waals surface area contributed by atoms with E-state index in [2.05, 4.69) is 10.1 Å². The third-order valence-electron chi connectivity index (χ3n) is 2.81. The van der Waals surface area contributed by atoms with Crippen molar-refractivity contribution in [2.75, 3.05) is 20.8 Å². The molecule has 0 aliphatic heterocycles. The smallest absolute Gasteiger partial charge is 0.326 e. The minimum atomic E-state index is -0.775. The van der Waals surface area contributed by atoms with Crippen LogP contribution in [0.2, 0.25) is 0 Å². The van der Waals surface area contributed by atoms with E-state index in [-0.39, 0.29) is 24.3 Å². The lowest BCUT2D eigenvalue weighted by molar-refractivity contribution is -0.150. The summed E-state index contributed by atoms with van der Waals surface area (Å²) in [5.74, 6) is -0.562. The number of ether oxygens (including phenoxy) is 2. The summed E-state index contributed by atoms with van der Waals surface area (Å²) in [6.07, 6.45) is 0.232. The molecule has 0 fully saturated rings. The summed E-state index contributed by atoms with van der Waals surface area (Å²) in [5, 5.41) is 3.04. The first kappa shape index (κ1) is 14.9. The number of rotatable bonds is 6. The van der Waals surface area contributed by atoms with E-state index in [0.29, 0.717) is 6.54 Å². The summed E-state index contributed by atoms with van der Waals surface area (Å²) in [6, 6.07) is 0. The second kappa shape index (κ2) is 6.48. The summed E-state index contributed by atoms with van der Waals surface area (Å²) in [7, 11) is 2.69. The van der Waals surface area contributed by atoms with Crippen molar-refractivity contribution in [1.29, 1.82) is 0 Å². The SMILES string of the molecule is COC(=O)CCNC(C)(C(=O)OC)C(C)C. The molecule has 0 saturated heterocycles. The van der Waals surface area contributed by atoms with Crippen LogP contribution in [-0.2, 0) is 19.1 Å². The largest absolute Gasteiger partial charge is 0.469 e. The van der Waals surface area contributed by atoms with Crippen LogP contribution >= 0.6 is 0 Å². The van der Waals surface area contributed by atoms with E-state index < -0.39 is 5.54 Å². The van der Waals surface area contributed by atoms with Gasteiger partial charge in [0.15, 0.2) is 0 Å². The van der Waals surface area contributed by atoms with Crippen LogP contribution in [0.25, 0.3) is 0 Å². The molecule has 5 nitrogen and oxygen atoms in total. The maximum Gasteiger partial charge on any atom is 0.326 e. The Labute approximate surface area is 96.5 Å². The molecule has 1 unspecified atom stereocenters. The van der Waals surface area contributed by atoms with Crippen molar-refractivity contribution < 1.29 is 19.1 Å². The number of nitrogens with one attached hydrogen (secondary N) is 1. The molecule has 0 aliphatic rings. The first-order valence-electron chi connectivity index (χ1n) is 5.28. The van der Waals surface area contributed by atoms with Gasteiger partial charge in [0.2, 0.25) is 0 Å². The van der Waals surface area contributed by atoms with Gasteiger partial charge in [-0.1, -0.05) is 13.8 Å². The molecule has 0 radical (unpaired) electrons. The highest BCUT2D eigenvalue weighted by Gasteiger charge is 2.37. The molecule has 0 saturated carbocycles. The molecule has 0 spiro atoms. The lowest BCUT2D eigenvalue weighted by atomic mass is 9.88. The van der Waals surface area contributed by atoms with Crippen LogP contribution in [0, 0.1) is 5.92 Å². The van der Waals surface area contributed by atoms with E-state index in [9.17, 15) is 9.59 Å². The number of esters is 2. The van der Waals surface area contributed by atoms with Crippen LogP contribution in [0.15, 0.2) is 0 Å². The molecule has 16 heavy (non-hydrogen) atoms. The molecule has 0 amide bonds. The molecular weight excluding hydrogens is 210 g/mol. The van der Waals surface area contributed by atoms with Crippen molar-refractivity contribution in [1.82, 2.24) is 5.32 Å². The van der Waals surface area contributed by atoms with Gasteiger partial charge >= 0.3 is 11.9 Å². The van der Waals surface area contributed by atoms with Crippen molar-refractivity contribution in [3.05, 3.63) is 0 Å². The summed E-state index contributed by atoms with van der Waals surface area (Å²) >= 11 is 0. The molecule has 0 aromatic rings. The normalized spacial score (nSPS) is 14.4. The molecule has 0 aromatic carbocycles. The topological polar surface area (TPSA) is 64.6 Å². The Balaban J connectivity index is 4.35. The lowest BCUT2D eigenvalue weighted by Crippen LogP contribution is -2.54. The van der Waals surface area contributed by atoms with Crippen LogP contribution in [0.3, 0.4) is 0 Å². The highest BCUT2D eigenvalue weighted by molar-refractivity contribution is 5.80. The molecule has 5 heteroatoms. The third-order valence-corrected chi connectivity index (χ3v) is 2.81. The number of hydrogen-bond acceptors (Lipinski definition) is 5. The standard InChI is InChI=1S/C11H21NO4/c1-8(2)11(3,10(14)16-5)12-7-6-9(13)15-4/h8,12H,6-7H2,1-5H3. The summed E-state index contributed by atoms with van der Waals surface area (Å²) in [4.78, 5) is 22.5. The van der Waals surface area contributed by atoms with Gasteiger partial charge in [-0.05, 0) is 12.8 Å². The number of carbonyl (C=O) groups excluding carboxylic acids is 2. The van der Waals surface area contributed by atoms with Gasteiger partial charge in [-0.25, -0.2) is 0 Å². The maximum atomic E-state index is 11.6. The molecule has 94 valence electrons. The zero-order chi connectivity index (χ0) is 12.8. The van der Waals surface area contributed by atoms with Gasteiger partial charge < -0.3 is 14.8 Å². The Morgan fingerprint density at radius 1 is 1.25 bits per heavy atom. The van der Waals surface area contributed by atoms with E-state index >= 15 is 0 Å². The zero-order valence-corrected chi connectivity index (χ0v) is 10.6. The van der Waals surface area contributed by atoms with Gasteiger partial charge in [-0.3, -0.25) is 9.59 Å². The fourth-order valence-corrected chi connectivity index (χ4v) is 1.25.